The van der Waals surface area contributed by atoms with E-state index in [1.807, 2.05) is 17.0 Å². The van der Waals surface area contributed by atoms with E-state index >= 15 is 0 Å². The molecule has 1 aliphatic heterocycles. The largest absolute Gasteiger partial charge is 0.493 e. The van der Waals surface area contributed by atoms with Gasteiger partial charge in [0.25, 0.3) is 5.91 Å². The van der Waals surface area contributed by atoms with E-state index in [4.69, 9.17) is 18.9 Å². The van der Waals surface area contributed by atoms with E-state index in [0.29, 0.717) is 44.4 Å². The van der Waals surface area contributed by atoms with E-state index in [-0.39, 0.29) is 11.9 Å². The molecule has 0 unspecified atom stereocenters. The minimum atomic E-state index is -0.406. The van der Waals surface area contributed by atoms with Crippen LogP contribution in [0.3, 0.4) is 0 Å². The first-order valence-electron chi connectivity index (χ1n) is 9.75. The molecule has 1 aromatic carbocycles. The Morgan fingerprint density at radius 2 is 2.11 bits per heavy atom. The molecule has 2 fully saturated rings. The Balaban J connectivity index is 1.73. The SMILES string of the molecule is COCCCOc1cc(CN(C(=O)[C@H]2CNCCO2)C2CC2)c(Br)cc1OC. The van der Waals surface area contributed by atoms with E-state index in [2.05, 4.69) is 21.2 Å². The molecule has 0 spiro atoms. The fourth-order valence-electron chi connectivity index (χ4n) is 3.22. The highest BCUT2D eigenvalue weighted by Gasteiger charge is 2.37. The lowest BCUT2D eigenvalue weighted by molar-refractivity contribution is -0.146. The Bertz CT molecular complexity index is 662. The molecule has 2 aliphatic rings. The number of carbonyl (C=O) groups is 1. The van der Waals surface area contributed by atoms with Gasteiger partial charge in [-0.3, -0.25) is 4.79 Å². The topological polar surface area (TPSA) is 69.3 Å². The molecule has 7 nitrogen and oxygen atoms in total. The van der Waals surface area contributed by atoms with Crippen molar-refractivity contribution < 1.29 is 23.7 Å². The molecule has 8 heteroatoms. The van der Waals surface area contributed by atoms with Gasteiger partial charge < -0.3 is 29.2 Å². The molecular formula is C20H29BrN2O5. The van der Waals surface area contributed by atoms with Crippen LogP contribution < -0.4 is 14.8 Å². The number of morpholine rings is 1. The van der Waals surface area contributed by atoms with Gasteiger partial charge in [0.2, 0.25) is 0 Å². The molecule has 156 valence electrons. The summed E-state index contributed by atoms with van der Waals surface area (Å²) >= 11 is 3.62. The molecule has 1 aliphatic carbocycles. The Labute approximate surface area is 174 Å². The summed E-state index contributed by atoms with van der Waals surface area (Å²) in [6.45, 7) is 3.63. The van der Waals surface area contributed by atoms with Crippen LogP contribution in [0.5, 0.6) is 11.5 Å². The molecular weight excluding hydrogens is 428 g/mol. The number of nitrogens with zero attached hydrogens (tertiary/aromatic N) is 1. The van der Waals surface area contributed by atoms with Crippen molar-refractivity contribution in [2.45, 2.75) is 38.0 Å². The van der Waals surface area contributed by atoms with Crippen molar-refractivity contribution in [1.29, 1.82) is 0 Å². The van der Waals surface area contributed by atoms with Gasteiger partial charge in [-0.05, 0) is 30.5 Å². The number of methoxy groups -OCH3 is 2. The molecule has 28 heavy (non-hydrogen) atoms. The van der Waals surface area contributed by atoms with Gasteiger partial charge in [-0.2, -0.15) is 0 Å². The summed E-state index contributed by atoms with van der Waals surface area (Å²) in [5.41, 5.74) is 0.992. The van der Waals surface area contributed by atoms with Crippen molar-refractivity contribution in [3.8, 4) is 11.5 Å². The van der Waals surface area contributed by atoms with Gasteiger partial charge >= 0.3 is 0 Å². The number of nitrogens with one attached hydrogen (secondary N) is 1. The number of benzene rings is 1. The van der Waals surface area contributed by atoms with E-state index < -0.39 is 6.10 Å². The Hall–Kier alpha value is -1.35. The maximum atomic E-state index is 13.0. The first-order valence-corrected chi connectivity index (χ1v) is 10.5. The smallest absolute Gasteiger partial charge is 0.253 e. The van der Waals surface area contributed by atoms with Crippen molar-refractivity contribution in [3.05, 3.63) is 22.2 Å². The van der Waals surface area contributed by atoms with Crippen LogP contribution in [0.2, 0.25) is 0 Å². The van der Waals surface area contributed by atoms with Gasteiger partial charge in [0.05, 0.1) is 20.3 Å². The van der Waals surface area contributed by atoms with E-state index in [0.717, 1.165) is 35.8 Å². The van der Waals surface area contributed by atoms with Crippen LogP contribution in [0.4, 0.5) is 0 Å². The zero-order chi connectivity index (χ0) is 19.9. The van der Waals surface area contributed by atoms with Crippen LogP contribution in [0.1, 0.15) is 24.8 Å². The average molecular weight is 457 g/mol. The van der Waals surface area contributed by atoms with E-state index in [9.17, 15) is 4.79 Å². The second-order valence-corrected chi connectivity index (χ2v) is 7.90. The highest BCUT2D eigenvalue weighted by atomic mass is 79.9. The van der Waals surface area contributed by atoms with Gasteiger partial charge in [-0.15, -0.1) is 0 Å². The predicted molar refractivity (Wildman–Crippen MR) is 109 cm³/mol. The van der Waals surface area contributed by atoms with Crippen molar-refractivity contribution in [1.82, 2.24) is 10.2 Å². The molecule has 1 atom stereocenters. The first-order chi connectivity index (χ1) is 13.6. The van der Waals surface area contributed by atoms with Crippen molar-refractivity contribution in [3.63, 3.8) is 0 Å². The van der Waals surface area contributed by atoms with Gasteiger partial charge in [-0.1, -0.05) is 15.9 Å². The summed E-state index contributed by atoms with van der Waals surface area (Å²) in [4.78, 5) is 15.0. The number of rotatable bonds is 10. The van der Waals surface area contributed by atoms with Crippen LogP contribution in [-0.2, 0) is 20.8 Å². The Morgan fingerprint density at radius 3 is 2.75 bits per heavy atom. The van der Waals surface area contributed by atoms with Crippen molar-refractivity contribution in [2.75, 3.05) is 47.1 Å². The molecule has 3 rings (SSSR count). The molecule has 0 bridgehead atoms. The first kappa shape index (κ1) is 21.4. The third kappa shape index (κ3) is 5.59. The standard InChI is InChI=1S/C20H29BrN2O5/c1-25-7-3-8-27-18-10-14(16(21)11-17(18)26-2)13-23(15-4-5-15)20(24)19-12-22-6-9-28-19/h10-11,15,19,22H,3-9,12-13H2,1-2H3/t19-/m1/s1. The summed E-state index contributed by atoms with van der Waals surface area (Å²) in [7, 11) is 3.30. The molecule has 1 aromatic rings. The van der Waals surface area contributed by atoms with Gasteiger partial charge in [-0.25, -0.2) is 0 Å². The number of halogens is 1. The van der Waals surface area contributed by atoms with Crippen LogP contribution in [-0.4, -0.2) is 70.1 Å². The van der Waals surface area contributed by atoms with E-state index in [1.54, 1.807) is 14.2 Å². The monoisotopic (exact) mass is 456 g/mol. The molecule has 0 radical (unpaired) electrons. The summed E-state index contributed by atoms with van der Waals surface area (Å²) < 4.78 is 23.0. The lowest BCUT2D eigenvalue weighted by Crippen LogP contribution is -2.49. The summed E-state index contributed by atoms with van der Waals surface area (Å²) in [5.74, 6) is 1.40. The highest BCUT2D eigenvalue weighted by Crippen LogP contribution is 2.36. The van der Waals surface area contributed by atoms with Gasteiger partial charge in [0.1, 0.15) is 6.10 Å². The second-order valence-electron chi connectivity index (χ2n) is 7.05. The molecule has 1 N–H and O–H groups in total. The third-order valence-corrected chi connectivity index (χ3v) is 5.64. The summed E-state index contributed by atoms with van der Waals surface area (Å²) in [5, 5.41) is 3.23. The van der Waals surface area contributed by atoms with Crippen LogP contribution in [0, 0.1) is 0 Å². The number of hydrogen-bond donors (Lipinski definition) is 1. The Morgan fingerprint density at radius 1 is 1.29 bits per heavy atom. The Kier molecular flexibility index (Phi) is 7.96. The number of ether oxygens (including phenoxy) is 4. The van der Waals surface area contributed by atoms with Crippen LogP contribution in [0.15, 0.2) is 16.6 Å². The maximum absolute atomic E-state index is 13.0. The minimum Gasteiger partial charge on any atom is -0.493 e. The summed E-state index contributed by atoms with van der Waals surface area (Å²) in [6, 6.07) is 4.14. The second kappa shape index (κ2) is 10.4. The quantitative estimate of drug-likeness (QED) is 0.545. The third-order valence-electron chi connectivity index (χ3n) is 4.90. The zero-order valence-corrected chi connectivity index (χ0v) is 18.1. The number of amides is 1. The van der Waals surface area contributed by atoms with Crippen LogP contribution in [0.25, 0.3) is 0 Å². The molecule has 1 saturated carbocycles. The molecule has 1 amide bonds. The lowest BCUT2D eigenvalue weighted by atomic mass is 10.1. The zero-order valence-electron chi connectivity index (χ0n) is 16.5. The van der Waals surface area contributed by atoms with E-state index in [1.165, 1.54) is 0 Å². The summed E-state index contributed by atoms with van der Waals surface area (Å²) in [6.07, 6.45) is 2.47. The molecule has 0 aromatic heterocycles. The minimum absolute atomic E-state index is 0.0555. The van der Waals surface area contributed by atoms with Crippen molar-refractivity contribution in [2.24, 2.45) is 0 Å². The fourth-order valence-corrected chi connectivity index (χ4v) is 3.67. The average Bonchev–Trinajstić information content (AvgIpc) is 3.56. The maximum Gasteiger partial charge on any atom is 0.253 e. The predicted octanol–water partition coefficient (Wildman–Crippen LogP) is 2.35. The van der Waals surface area contributed by atoms with Crippen LogP contribution >= 0.6 is 15.9 Å². The molecule has 1 heterocycles. The van der Waals surface area contributed by atoms with Gasteiger partial charge in [0, 0.05) is 50.3 Å². The number of carbonyl (C=O) groups excluding carboxylic acids is 1. The fraction of sp³-hybridized carbons (Fsp3) is 0.650. The lowest BCUT2D eigenvalue weighted by Gasteiger charge is -2.30. The normalized spacial score (nSPS) is 19.3. The number of hydrogen-bond acceptors (Lipinski definition) is 6. The van der Waals surface area contributed by atoms with Gasteiger partial charge in [0.15, 0.2) is 11.5 Å². The van der Waals surface area contributed by atoms with Crippen molar-refractivity contribution >= 4 is 21.8 Å². The highest BCUT2D eigenvalue weighted by molar-refractivity contribution is 9.10. The molecule has 1 saturated heterocycles.